The lowest BCUT2D eigenvalue weighted by Crippen LogP contribution is -2.03. The Morgan fingerprint density at radius 3 is 2.23 bits per heavy atom. The minimum Gasteiger partial charge on any atom is -0.428 e. The molecule has 4 aromatic rings. The van der Waals surface area contributed by atoms with Crippen molar-refractivity contribution in [3.05, 3.63) is 96.1 Å². The number of sulfone groups is 1. The maximum absolute atomic E-state index is 14.0. The van der Waals surface area contributed by atoms with E-state index in [1.54, 1.807) is 36.4 Å². The molecule has 0 fully saturated rings. The van der Waals surface area contributed by atoms with Crippen molar-refractivity contribution >= 4 is 21.6 Å². The number of thioether (sulfide) groups is 1. The van der Waals surface area contributed by atoms with Crippen LogP contribution in [0.1, 0.15) is 5.56 Å². The molecule has 0 saturated heterocycles. The zero-order valence-corrected chi connectivity index (χ0v) is 17.1. The number of hydrogen-bond acceptors (Lipinski definition) is 5. The second-order valence-corrected chi connectivity index (χ2v) is 9.13. The van der Waals surface area contributed by atoms with Gasteiger partial charge in [0, 0.05) is 11.3 Å². The van der Waals surface area contributed by atoms with Gasteiger partial charge in [-0.2, -0.15) is 4.98 Å². The molecule has 0 bridgehead atoms. The molecule has 0 aliphatic carbocycles. The third kappa shape index (κ3) is 4.15. The van der Waals surface area contributed by atoms with Gasteiger partial charge in [-0.05, 0) is 48.0 Å². The van der Waals surface area contributed by atoms with Gasteiger partial charge in [-0.15, -0.1) is 0 Å². The van der Waals surface area contributed by atoms with Gasteiger partial charge in [0.15, 0.2) is 0 Å². The fourth-order valence-corrected chi connectivity index (χ4v) is 5.28. The number of halogens is 2. The Labute approximate surface area is 176 Å². The fraction of sp³-hybridized carbons (Fsp3) is 0.0455. The zero-order valence-electron chi connectivity index (χ0n) is 15.5. The van der Waals surface area contributed by atoms with Gasteiger partial charge >= 0.3 is 0 Å². The number of oxazole rings is 1. The minimum absolute atomic E-state index is 0.0422. The van der Waals surface area contributed by atoms with Crippen molar-refractivity contribution < 1.29 is 21.6 Å². The predicted molar refractivity (Wildman–Crippen MR) is 110 cm³/mol. The van der Waals surface area contributed by atoms with Gasteiger partial charge in [-0.1, -0.05) is 48.2 Å². The molecule has 30 heavy (non-hydrogen) atoms. The summed E-state index contributed by atoms with van der Waals surface area (Å²) >= 11 is 1.03. The van der Waals surface area contributed by atoms with E-state index in [1.165, 1.54) is 42.5 Å². The van der Waals surface area contributed by atoms with Gasteiger partial charge in [0.05, 0.1) is 4.90 Å². The lowest BCUT2D eigenvalue weighted by molar-refractivity contribution is 0.470. The predicted octanol–water partition coefficient (Wildman–Crippen LogP) is 5.74. The number of hydrogen-bond donors (Lipinski definition) is 0. The summed E-state index contributed by atoms with van der Waals surface area (Å²) in [5.74, 6) is -0.630. The Balaban J connectivity index is 1.77. The summed E-state index contributed by atoms with van der Waals surface area (Å²) in [6, 6.07) is 19.5. The number of benzene rings is 3. The van der Waals surface area contributed by atoms with E-state index in [9.17, 15) is 17.2 Å². The van der Waals surface area contributed by atoms with Crippen LogP contribution in [0.15, 0.2) is 98.3 Å². The quantitative estimate of drug-likeness (QED) is 0.356. The number of nitrogens with zero attached hydrogens (tertiary/aromatic N) is 1. The Morgan fingerprint density at radius 2 is 1.53 bits per heavy atom. The molecule has 0 atom stereocenters. The highest BCUT2D eigenvalue weighted by Gasteiger charge is 2.28. The van der Waals surface area contributed by atoms with Crippen LogP contribution in [-0.2, 0) is 15.6 Å². The molecule has 3 aromatic carbocycles. The minimum atomic E-state index is -3.97. The van der Waals surface area contributed by atoms with Crippen molar-refractivity contribution in [1.29, 1.82) is 0 Å². The first kappa shape index (κ1) is 20.3. The third-order valence-corrected chi connectivity index (χ3v) is 7.08. The monoisotopic (exact) mass is 443 g/mol. The Morgan fingerprint density at radius 1 is 0.867 bits per heavy atom. The van der Waals surface area contributed by atoms with Crippen LogP contribution in [0.2, 0.25) is 0 Å². The maximum atomic E-state index is 14.0. The molecular formula is C22H15F2NO3S2. The molecule has 4 rings (SSSR count). The second-order valence-electron chi connectivity index (χ2n) is 6.32. The molecule has 8 heteroatoms. The molecule has 152 valence electrons. The van der Waals surface area contributed by atoms with Gasteiger partial charge < -0.3 is 4.42 Å². The molecule has 0 radical (unpaired) electrons. The van der Waals surface area contributed by atoms with Crippen molar-refractivity contribution in [3.8, 4) is 11.5 Å². The second kappa shape index (κ2) is 8.41. The summed E-state index contributed by atoms with van der Waals surface area (Å²) in [7, 11) is -3.97. The molecule has 0 unspecified atom stereocenters. The maximum Gasteiger partial charge on any atom is 0.228 e. The van der Waals surface area contributed by atoms with E-state index in [4.69, 9.17) is 4.42 Å². The van der Waals surface area contributed by atoms with E-state index < -0.39 is 21.5 Å². The van der Waals surface area contributed by atoms with E-state index in [1.807, 2.05) is 0 Å². The topological polar surface area (TPSA) is 60.2 Å². The van der Waals surface area contributed by atoms with E-state index in [0.717, 1.165) is 11.8 Å². The van der Waals surface area contributed by atoms with Gasteiger partial charge in [0.25, 0.3) is 0 Å². The molecule has 0 aliphatic rings. The summed E-state index contributed by atoms with van der Waals surface area (Å²) in [5.41, 5.74) is 0.837. The van der Waals surface area contributed by atoms with E-state index in [-0.39, 0.29) is 26.7 Å². The Bertz CT molecular complexity index is 1270. The molecule has 0 N–H and O–H groups in total. The lowest BCUT2D eigenvalue weighted by atomic mass is 10.2. The number of aromatic nitrogens is 1. The van der Waals surface area contributed by atoms with Crippen LogP contribution in [0.4, 0.5) is 8.78 Å². The van der Waals surface area contributed by atoms with E-state index in [2.05, 4.69) is 4.98 Å². The van der Waals surface area contributed by atoms with E-state index in [0.29, 0.717) is 11.1 Å². The largest absolute Gasteiger partial charge is 0.428 e. The van der Waals surface area contributed by atoms with Crippen LogP contribution in [0, 0.1) is 11.6 Å². The van der Waals surface area contributed by atoms with Crippen molar-refractivity contribution in [1.82, 2.24) is 4.98 Å². The van der Waals surface area contributed by atoms with Crippen LogP contribution in [0.25, 0.3) is 11.5 Å². The SMILES string of the molecule is O=S(=O)(c1ccccc1)c1nc(-c2ccc(F)cc2)oc1SCc1ccccc1F. The van der Waals surface area contributed by atoms with Crippen LogP contribution in [0.5, 0.6) is 0 Å². The Kier molecular flexibility index (Phi) is 5.69. The van der Waals surface area contributed by atoms with Crippen LogP contribution in [-0.4, -0.2) is 13.4 Å². The Hall–Kier alpha value is -2.97. The third-order valence-electron chi connectivity index (χ3n) is 4.28. The summed E-state index contributed by atoms with van der Waals surface area (Å²) < 4.78 is 59.3. The molecule has 0 aliphatic heterocycles. The normalized spacial score (nSPS) is 11.5. The van der Waals surface area contributed by atoms with Gasteiger partial charge in [-0.25, -0.2) is 17.2 Å². The van der Waals surface area contributed by atoms with Crippen LogP contribution in [0.3, 0.4) is 0 Å². The van der Waals surface area contributed by atoms with Crippen LogP contribution < -0.4 is 0 Å². The van der Waals surface area contributed by atoms with Crippen molar-refractivity contribution in [2.24, 2.45) is 0 Å². The lowest BCUT2D eigenvalue weighted by Gasteiger charge is -2.04. The highest BCUT2D eigenvalue weighted by molar-refractivity contribution is 7.99. The van der Waals surface area contributed by atoms with Gasteiger partial charge in [-0.3, -0.25) is 0 Å². The smallest absolute Gasteiger partial charge is 0.228 e. The fourth-order valence-electron chi connectivity index (χ4n) is 2.74. The first-order valence-electron chi connectivity index (χ1n) is 8.88. The van der Waals surface area contributed by atoms with E-state index >= 15 is 0 Å². The average molecular weight is 443 g/mol. The molecule has 4 nitrogen and oxygen atoms in total. The molecule has 0 saturated carbocycles. The standard InChI is InChI=1S/C22H15F2NO3S2/c23-17-12-10-15(11-13-17)20-25-21(30(26,27)18-7-2-1-3-8-18)22(28-20)29-14-16-6-4-5-9-19(16)24/h1-13H,14H2. The summed E-state index contributed by atoms with van der Waals surface area (Å²) in [6.07, 6.45) is 0. The molecule has 0 spiro atoms. The van der Waals surface area contributed by atoms with Crippen molar-refractivity contribution in [2.75, 3.05) is 0 Å². The molecular weight excluding hydrogens is 428 g/mol. The van der Waals surface area contributed by atoms with Gasteiger partial charge in [0.2, 0.25) is 25.8 Å². The summed E-state index contributed by atoms with van der Waals surface area (Å²) in [6.45, 7) is 0. The van der Waals surface area contributed by atoms with Crippen LogP contribution >= 0.6 is 11.8 Å². The summed E-state index contributed by atoms with van der Waals surface area (Å²) in [5, 5.41) is -0.212. The first-order valence-corrected chi connectivity index (χ1v) is 11.3. The first-order chi connectivity index (χ1) is 14.4. The average Bonchev–Trinajstić information content (AvgIpc) is 3.19. The highest BCUT2D eigenvalue weighted by atomic mass is 32.2. The molecule has 1 heterocycles. The van der Waals surface area contributed by atoms with Crippen molar-refractivity contribution in [3.63, 3.8) is 0 Å². The zero-order chi connectivity index (χ0) is 21.1. The number of rotatable bonds is 6. The highest BCUT2D eigenvalue weighted by Crippen LogP contribution is 2.36. The molecule has 1 aromatic heterocycles. The van der Waals surface area contributed by atoms with Crippen molar-refractivity contribution in [2.45, 2.75) is 20.8 Å². The summed E-state index contributed by atoms with van der Waals surface area (Å²) in [4.78, 5) is 4.27. The molecule has 0 amide bonds. The van der Waals surface area contributed by atoms with Gasteiger partial charge in [0.1, 0.15) is 11.6 Å².